The van der Waals surface area contributed by atoms with Crippen LogP contribution in [0, 0.1) is 0 Å². The molecule has 9 nitrogen and oxygen atoms in total. The fourth-order valence-electron chi connectivity index (χ4n) is 0.888. The monoisotopic (exact) mass is 329 g/mol. The summed E-state index contributed by atoms with van der Waals surface area (Å²) in [4.78, 5) is 41.3. The first-order chi connectivity index (χ1) is 9.33. The quantitative estimate of drug-likeness (QED) is 0.552. The van der Waals surface area contributed by atoms with Crippen molar-refractivity contribution in [1.82, 2.24) is 0 Å². The molecule has 0 radical (unpaired) electrons. The first-order valence-electron chi connectivity index (χ1n) is 5.99. The van der Waals surface area contributed by atoms with Crippen molar-refractivity contribution in [3.63, 3.8) is 0 Å². The van der Waals surface area contributed by atoms with Crippen LogP contribution in [-0.2, 0) is 33.1 Å². The van der Waals surface area contributed by atoms with E-state index in [1.165, 1.54) is 0 Å². The Hall–Kier alpha value is -1.26. The van der Waals surface area contributed by atoms with Gasteiger partial charge in [0.05, 0.1) is 0 Å². The van der Waals surface area contributed by atoms with Crippen LogP contribution in [0.5, 0.6) is 0 Å². The van der Waals surface area contributed by atoms with Crippen molar-refractivity contribution in [2.24, 2.45) is 5.73 Å². The van der Waals surface area contributed by atoms with Gasteiger partial charge in [-0.1, -0.05) is 0 Å². The van der Waals surface area contributed by atoms with Gasteiger partial charge in [-0.2, -0.15) is 0 Å². The predicted molar refractivity (Wildman–Crippen MR) is 72.9 cm³/mol. The predicted octanol–water partition coefficient (Wildman–Crippen LogP) is -2.72. The van der Waals surface area contributed by atoms with E-state index in [-0.39, 0.29) is 29.6 Å². The molecule has 0 heterocycles. The summed E-state index contributed by atoms with van der Waals surface area (Å²) in [7, 11) is -2.41. The second-order valence-corrected chi connectivity index (χ2v) is 4.79. The Morgan fingerprint density at radius 2 is 1.09 bits per heavy atom. The van der Waals surface area contributed by atoms with Gasteiger partial charge in [-0.25, -0.2) is 4.79 Å². The van der Waals surface area contributed by atoms with Gasteiger partial charge in [0, 0.05) is 20.8 Å². The molecule has 11 heteroatoms. The van der Waals surface area contributed by atoms with Gasteiger partial charge in [0.2, 0.25) is 0 Å². The standard InChI is InChI=1S/C6H10BO6.C5H11NO2.Na/c1-4(8)11-7(12-5(2)9)13-6(3)10;1-5(2,3)8-4(6)7;/h7H,1-3H3;1-3H3,(H2,6,7);/q-1;;+1. The molecule has 0 aliphatic rings. The number of rotatable bonds is 3. The zero-order valence-electron chi connectivity index (χ0n) is 14.1. The van der Waals surface area contributed by atoms with E-state index < -0.39 is 36.9 Å². The minimum absolute atomic E-state index is 0. The molecule has 0 saturated heterocycles. The molecule has 0 spiro atoms. The van der Waals surface area contributed by atoms with E-state index in [2.05, 4.69) is 18.7 Å². The van der Waals surface area contributed by atoms with E-state index in [0.717, 1.165) is 20.8 Å². The average molecular weight is 329 g/mol. The maximum absolute atomic E-state index is 10.4. The molecule has 0 saturated carbocycles. The van der Waals surface area contributed by atoms with E-state index in [0.29, 0.717) is 0 Å². The molecule has 0 aromatic carbocycles. The van der Waals surface area contributed by atoms with Crippen LogP contribution in [-0.4, -0.2) is 36.9 Å². The summed E-state index contributed by atoms with van der Waals surface area (Å²) in [5.41, 5.74) is 4.26. The molecule has 0 atom stereocenters. The van der Waals surface area contributed by atoms with Gasteiger partial charge in [0.1, 0.15) is 5.60 Å². The van der Waals surface area contributed by atoms with Gasteiger partial charge < -0.3 is 24.4 Å². The summed E-state index contributed by atoms with van der Waals surface area (Å²) in [6.45, 7) is 8.64. The Bertz CT molecular complexity index is 358. The summed E-state index contributed by atoms with van der Waals surface area (Å²) in [6.07, 6.45) is -0.725. The molecule has 0 aliphatic carbocycles. The summed E-state index contributed by atoms with van der Waals surface area (Å²) < 4.78 is 17.9. The van der Waals surface area contributed by atoms with E-state index in [1.807, 2.05) is 0 Å². The number of ether oxygens (including phenoxy) is 1. The second-order valence-electron chi connectivity index (χ2n) is 4.79. The molecule has 0 aliphatic heterocycles. The van der Waals surface area contributed by atoms with Crippen molar-refractivity contribution in [1.29, 1.82) is 0 Å². The third-order valence-electron chi connectivity index (χ3n) is 1.37. The summed E-state index contributed by atoms with van der Waals surface area (Å²) in [6, 6.07) is 0. The molecule has 2 N–H and O–H groups in total. The minimum atomic E-state index is -2.41. The third kappa shape index (κ3) is 23.8. The molecular weight excluding hydrogens is 308 g/mol. The first-order valence-corrected chi connectivity index (χ1v) is 5.99. The Morgan fingerprint density at radius 1 is 0.818 bits per heavy atom. The van der Waals surface area contributed by atoms with Gasteiger partial charge >= 0.3 is 43.0 Å². The Morgan fingerprint density at radius 3 is 1.18 bits per heavy atom. The van der Waals surface area contributed by atoms with Gasteiger partial charge in [-0.05, 0) is 20.8 Å². The van der Waals surface area contributed by atoms with Gasteiger partial charge in [0.25, 0.3) is 17.9 Å². The molecule has 0 aromatic rings. The summed E-state index contributed by atoms with van der Waals surface area (Å²) >= 11 is 0. The van der Waals surface area contributed by atoms with E-state index >= 15 is 0 Å². The molecule has 0 unspecified atom stereocenters. The van der Waals surface area contributed by atoms with Crippen molar-refractivity contribution >= 4 is 31.3 Å². The SMILES string of the molecule is CC(=O)O[BH-](OC(C)=O)OC(C)=O.CC(C)(C)OC(N)=O.[Na+]. The van der Waals surface area contributed by atoms with Crippen molar-refractivity contribution in [2.75, 3.05) is 0 Å². The average Bonchev–Trinajstić information content (AvgIpc) is 2.09. The van der Waals surface area contributed by atoms with Gasteiger partial charge in [-0.15, -0.1) is 0 Å². The maximum atomic E-state index is 10.4. The number of amides is 1. The van der Waals surface area contributed by atoms with E-state index in [1.54, 1.807) is 20.8 Å². The molecule has 1 amide bonds. The Kier molecular flexibility index (Phi) is 14.4. The first kappa shape index (κ1) is 25.7. The maximum Gasteiger partial charge on any atom is 1.00 e. The molecule has 22 heavy (non-hydrogen) atoms. The van der Waals surface area contributed by atoms with Crippen molar-refractivity contribution in [3.8, 4) is 0 Å². The number of hydrogen-bond donors (Lipinski definition) is 1. The number of hydrogen-bond acceptors (Lipinski definition) is 8. The van der Waals surface area contributed by atoms with E-state index in [9.17, 15) is 19.2 Å². The topological polar surface area (TPSA) is 131 Å². The van der Waals surface area contributed by atoms with Crippen LogP contribution in [0.25, 0.3) is 0 Å². The van der Waals surface area contributed by atoms with Crippen LogP contribution in [0.4, 0.5) is 4.79 Å². The molecular formula is C11H21BNNaO8. The Balaban J connectivity index is -0.000000348. The fraction of sp³-hybridized carbons (Fsp3) is 0.636. The number of primary amides is 1. The van der Waals surface area contributed by atoms with Crippen LogP contribution in [0.2, 0.25) is 0 Å². The van der Waals surface area contributed by atoms with Crippen LogP contribution in [0.3, 0.4) is 0 Å². The molecule has 0 bridgehead atoms. The van der Waals surface area contributed by atoms with Crippen LogP contribution >= 0.6 is 0 Å². The van der Waals surface area contributed by atoms with Crippen LogP contribution in [0.15, 0.2) is 0 Å². The summed E-state index contributed by atoms with van der Waals surface area (Å²) in [5.74, 6) is -2.03. The van der Waals surface area contributed by atoms with E-state index in [4.69, 9.17) is 5.73 Å². The smallest absolute Gasteiger partial charge is 0.625 e. The normalized spacial score (nSPS) is 9.41. The molecule has 0 rings (SSSR count). The Labute approximate surface area is 151 Å². The van der Waals surface area contributed by atoms with Crippen molar-refractivity contribution in [3.05, 3.63) is 0 Å². The number of carbonyl (C=O) groups excluding carboxylic acids is 4. The van der Waals surface area contributed by atoms with Crippen LogP contribution < -0.4 is 35.3 Å². The van der Waals surface area contributed by atoms with Gasteiger partial charge in [0.15, 0.2) is 0 Å². The molecule has 0 aromatic heterocycles. The van der Waals surface area contributed by atoms with Crippen LogP contribution in [0.1, 0.15) is 41.5 Å². The number of carbonyl (C=O) groups is 4. The zero-order valence-corrected chi connectivity index (χ0v) is 16.1. The fourth-order valence-corrected chi connectivity index (χ4v) is 0.888. The zero-order chi connectivity index (χ0) is 17.2. The summed E-state index contributed by atoms with van der Waals surface area (Å²) in [5, 5.41) is 0. The second kappa shape index (κ2) is 12.3. The van der Waals surface area contributed by atoms with Gasteiger partial charge in [-0.3, -0.25) is 14.4 Å². The third-order valence-corrected chi connectivity index (χ3v) is 1.37. The minimum Gasteiger partial charge on any atom is -0.625 e. The van der Waals surface area contributed by atoms with Crippen molar-refractivity contribution in [2.45, 2.75) is 47.1 Å². The van der Waals surface area contributed by atoms with Crippen molar-refractivity contribution < 1.29 is 67.4 Å². The number of nitrogens with two attached hydrogens (primary N) is 1. The molecule has 122 valence electrons. The molecule has 0 fully saturated rings. The largest absolute Gasteiger partial charge is 1.00 e.